The van der Waals surface area contributed by atoms with Crippen molar-refractivity contribution in [2.45, 2.75) is 6.54 Å². The number of hydrogen-bond acceptors (Lipinski definition) is 5. The molecule has 2 rings (SSSR count). The van der Waals surface area contributed by atoms with Gasteiger partial charge in [0.1, 0.15) is 18.7 Å². The lowest BCUT2D eigenvalue weighted by Gasteiger charge is -1.99. The number of hydrogen-bond donors (Lipinski definition) is 2. The number of nitrogen functional groups attached to an aromatic ring is 1. The summed E-state index contributed by atoms with van der Waals surface area (Å²) in [6.45, 7) is 0.327. The zero-order chi connectivity index (χ0) is 11.7. The van der Waals surface area contributed by atoms with Crippen LogP contribution in [0.25, 0.3) is 0 Å². The first kappa shape index (κ1) is 10.1. The first-order valence-corrected chi connectivity index (χ1v) is 4.47. The third-order valence-electron chi connectivity index (χ3n) is 2.10. The molecular weight excluding hydrogens is 212 g/mol. The highest BCUT2D eigenvalue weighted by molar-refractivity contribution is 5.91. The predicted molar refractivity (Wildman–Crippen MR) is 53.7 cm³/mol. The molecule has 84 valence electrons. The van der Waals surface area contributed by atoms with E-state index in [2.05, 4.69) is 15.2 Å². The minimum atomic E-state index is -1.14. The number of carboxylic acids is 1. The van der Waals surface area contributed by atoms with Gasteiger partial charge in [-0.1, -0.05) is 0 Å². The van der Waals surface area contributed by atoms with Crippen LogP contribution in [-0.2, 0) is 13.6 Å². The monoisotopic (exact) mass is 222 g/mol. The lowest BCUT2D eigenvalue weighted by Crippen LogP contribution is -2.08. The Morgan fingerprint density at radius 3 is 2.88 bits per heavy atom. The van der Waals surface area contributed by atoms with Crippen molar-refractivity contribution in [3.8, 4) is 0 Å². The third kappa shape index (κ3) is 1.72. The van der Waals surface area contributed by atoms with E-state index < -0.39 is 5.97 Å². The van der Waals surface area contributed by atoms with Gasteiger partial charge in [0.15, 0.2) is 5.69 Å². The topological polar surface area (TPSA) is 112 Å². The average molecular weight is 222 g/mol. The molecule has 0 unspecified atom stereocenters. The van der Waals surface area contributed by atoms with Crippen molar-refractivity contribution in [2.24, 2.45) is 7.05 Å². The Morgan fingerprint density at radius 2 is 2.38 bits per heavy atom. The molecular formula is C8H10N6O2. The Bertz CT molecular complexity index is 528. The summed E-state index contributed by atoms with van der Waals surface area (Å²) in [4.78, 5) is 14.7. The second-order valence-electron chi connectivity index (χ2n) is 3.24. The Labute approximate surface area is 90.3 Å². The molecule has 16 heavy (non-hydrogen) atoms. The molecule has 0 saturated carbocycles. The predicted octanol–water partition coefficient (Wildman–Crippen LogP) is -0.660. The summed E-state index contributed by atoms with van der Waals surface area (Å²) < 4.78 is 3.00. The molecule has 0 aliphatic rings. The van der Waals surface area contributed by atoms with E-state index in [0.717, 1.165) is 0 Å². The number of rotatable bonds is 3. The highest BCUT2D eigenvalue weighted by Gasteiger charge is 2.14. The Morgan fingerprint density at radius 1 is 1.62 bits per heavy atom. The second kappa shape index (κ2) is 3.65. The number of aromatic nitrogens is 5. The van der Waals surface area contributed by atoms with Crippen LogP contribution in [0.5, 0.6) is 0 Å². The summed E-state index contributed by atoms with van der Waals surface area (Å²) in [5.41, 5.74) is 5.49. The number of aromatic carboxylic acids is 1. The van der Waals surface area contributed by atoms with Crippen molar-refractivity contribution >= 4 is 11.7 Å². The highest BCUT2D eigenvalue weighted by Crippen LogP contribution is 2.09. The normalized spacial score (nSPS) is 10.6. The molecule has 0 bridgehead atoms. The van der Waals surface area contributed by atoms with Crippen LogP contribution in [0.2, 0.25) is 0 Å². The maximum atomic E-state index is 10.7. The van der Waals surface area contributed by atoms with Gasteiger partial charge in [-0.05, 0) is 0 Å². The molecule has 0 amide bonds. The van der Waals surface area contributed by atoms with Crippen LogP contribution in [-0.4, -0.2) is 35.6 Å². The van der Waals surface area contributed by atoms with Gasteiger partial charge in [-0.25, -0.2) is 9.78 Å². The van der Waals surface area contributed by atoms with Crippen LogP contribution in [0.15, 0.2) is 12.5 Å². The molecule has 2 aromatic rings. The van der Waals surface area contributed by atoms with Crippen LogP contribution in [0, 0.1) is 0 Å². The number of aryl methyl sites for hydroxylation is 1. The van der Waals surface area contributed by atoms with E-state index in [9.17, 15) is 4.79 Å². The van der Waals surface area contributed by atoms with E-state index in [1.165, 1.54) is 17.2 Å². The Kier molecular flexibility index (Phi) is 2.31. The summed E-state index contributed by atoms with van der Waals surface area (Å²) in [5.74, 6) is -0.478. The molecule has 3 N–H and O–H groups in total. The third-order valence-corrected chi connectivity index (χ3v) is 2.10. The van der Waals surface area contributed by atoms with Gasteiger partial charge in [0.25, 0.3) is 0 Å². The van der Waals surface area contributed by atoms with E-state index in [-0.39, 0.29) is 11.4 Å². The van der Waals surface area contributed by atoms with E-state index in [1.807, 2.05) is 0 Å². The second-order valence-corrected chi connectivity index (χ2v) is 3.24. The van der Waals surface area contributed by atoms with Gasteiger partial charge in [-0.2, -0.15) is 10.2 Å². The van der Waals surface area contributed by atoms with Gasteiger partial charge in [0.05, 0.1) is 5.69 Å². The molecule has 0 fully saturated rings. The lowest BCUT2D eigenvalue weighted by atomic mass is 10.4. The van der Waals surface area contributed by atoms with Crippen molar-refractivity contribution in [2.75, 3.05) is 5.73 Å². The smallest absolute Gasteiger partial charge is 0.358 e. The van der Waals surface area contributed by atoms with E-state index >= 15 is 0 Å². The summed E-state index contributed by atoms with van der Waals surface area (Å²) in [7, 11) is 1.74. The molecule has 0 aliphatic heterocycles. The van der Waals surface area contributed by atoms with Gasteiger partial charge < -0.3 is 10.8 Å². The van der Waals surface area contributed by atoms with Crippen LogP contribution < -0.4 is 5.73 Å². The van der Waals surface area contributed by atoms with Crippen LogP contribution in [0.3, 0.4) is 0 Å². The Hall–Kier alpha value is -2.38. The van der Waals surface area contributed by atoms with Gasteiger partial charge in [0.2, 0.25) is 0 Å². The molecule has 2 heterocycles. The van der Waals surface area contributed by atoms with Crippen LogP contribution in [0.1, 0.15) is 16.3 Å². The zero-order valence-corrected chi connectivity index (χ0v) is 8.53. The van der Waals surface area contributed by atoms with Crippen molar-refractivity contribution < 1.29 is 9.90 Å². The van der Waals surface area contributed by atoms with Crippen molar-refractivity contribution in [3.05, 3.63) is 24.0 Å². The lowest BCUT2D eigenvalue weighted by molar-refractivity contribution is 0.0690. The number of carboxylic acid groups (broad SMARTS) is 1. The number of anilines is 1. The van der Waals surface area contributed by atoms with Crippen molar-refractivity contribution in [3.63, 3.8) is 0 Å². The van der Waals surface area contributed by atoms with Crippen LogP contribution >= 0.6 is 0 Å². The van der Waals surface area contributed by atoms with Gasteiger partial charge >= 0.3 is 5.97 Å². The maximum absolute atomic E-state index is 10.7. The average Bonchev–Trinajstić information content (AvgIpc) is 2.75. The number of nitrogens with two attached hydrogens (primary N) is 1. The molecule has 8 heteroatoms. The molecule has 2 aromatic heterocycles. The first-order chi connectivity index (χ1) is 7.58. The van der Waals surface area contributed by atoms with E-state index in [4.69, 9.17) is 10.8 Å². The summed E-state index contributed by atoms with van der Waals surface area (Å²) in [6, 6.07) is 0. The summed E-state index contributed by atoms with van der Waals surface area (Å²) in [5, 5.41) is 16.5. The fourth-order valence-corrected chi connectivity index (χ4v) is 1.29. The van der Waals surface area contributed by atoms with Gasteiger partial charge in [-0.3, -0.25) is 9.36 Å². The quantitative estimate of drug-likeness (QED) is 0.713. The zero-order valence-electron chi connectivity index (χ0n) is 8.53. The van der Waals surface area contributed by atoms with E-state index in [0.29, 0.717) is 12.4 Å². The summed E-state index contributed by atoms with van der Waals surface area (Å²) >= 11 is 0. The highest BCUT2D eigenvalue weighted by atomic mass is 16.4. The molecule has 0 radical (unpaired) electrons. The standard InChI is InChI=1S/C8H10N6O2/c1-13-6(10-4-11-13)3-14-2-5(9)7(12-14)8(15)16/h2,4H,3,9H2,1H3,(H,15,16). The Balaban J connectivity index is 2.26. The molecule has 0 saturated heterocycles. The van der Waals surface area contributed by atoms with Crippen molar-refractivity contribution in [1.82, 2.24) is 24.5 Å². The fraction of sp³-hybridized carbons (Fsp3) is 0.250. The van der Waals surface area contributed by atoms with Gasteiger partial charge in [-0.15, -0.1) is 0 Å². The van der Waals surface area contributed by atoms with E-state index in [1.54, 1.807) is 11.7 Å². The number of nitrogens with zero attached hydrogens (tertiary/aromatic N) is 5. The fourth-order valence-electron chi connectivity index (χ4n) is 1.29. The largest absolute Gasteiger partial charge is 0.476 e. The van der Waals surface area contributed by atoms with Gasteiger partial charge in [0, 0.05) is 13.2 Å². The maximum Gasteiger partial charge on any atom is 0.358 e. The van der Waals surface area contributed by atoms with Crippen molar-refractivity contribution in [1.29, 1.82) is 0 Å². The minimum absolute atomic E-state index is 0.134. The minimum Gasteiger partial charge on any atom is -0.476 e. The molecule has 0 aromatic carbocycles. The van der Waals surface area contributed by atoms with Crippen LogP contribution in [0.4, 0.5) is 5.69 Å². The molecule has 0 spiro atoms. The first-order valence-electron chi connectivity index (χ1n) is 4.47. The SMILES string of the molecule is Cn1ncnc1Cn1cc(N)c(C(=O)O)n1. The number of carbonyl (C=O) groups is 1. The molecule has 0 aliphatic carbocycles. The molecule has 0 atom stereocenters. The molecule has 8 nitrogen and oxygen atoms in total. The summed E-state index contributed by atoms with van der Waals surface area (Å²) in [6.07, 6.45) is 2.87.